The smallest absolute Gasteiger partial charge is 0.269 e. The number of aromatic nitrogens is 2. The van der Waals surface area contributed by atoms with Gasteiger partial charge in [0, 0.05) is 51.7 Å². The molecule has 2 fully saturated rings. The Kier molecular flexibility index (Phi) is 3.99. The molecule has 0 unspecified atom stereocenters. The van der Waals surface area contributed by atoms with Gasteiger partial charge < -0.3 is 19.7 Å². The maximum Gasteiger partial charge on any atom is 0.269 e. The van der Waals surface area contributed by atoms with Crippen molar-refractivity contribution >= 4 is 5.91 Å². The van der Waals surface area contributed by atoms with Crippen LogP contribution in [0.25, 0.3) is 0 Å². The molecular weight excluding hydrogens is 266 g/mol. The number of nitrogens with one attached hydrogen (secondary N) is 1. The van der Waals surface area contributed by atoms with Gasteiger partial charge in [-0.2, -0.15) is 0 Å². The van der Waals surface area contributed by atoms with Gasteiger partial charge in [-0.1, -0.05) is 0 Å². The Morgan fingerprint density at radius 1 is 1.29 bits per heavy atom. The average Bonchev–Trinajstić information content (AvgIpc) is 3.10. The van der Waals surface area contributed by atoms with Gasteiger partial charge in [0.15, 0.2) is 0 Å². The highest BCUT2D eigenvalue weighted by Gasteiger charge is 2.44. The molecule has 1 saturated carbocycles. The molecule has 116 valence electrons. The van der Waals surface area contributed by atoms with E-state index in [1.807, 2.05) is 7.05 Å². The summed E-state index contributed by atoms with van der Waals surface area (Å²) in [7, 11) is 4.03. The summed E-state index contributed by atoms with van der Waals surface area (Å²) in [6, 6.07) is 0. The van der Waals surface area contributed by atoms with E-state index in [9.17, 15) is 4.79 Å². The van der Waals surface area contributed by atoms with Gasteiger partial charge in [0.1, 0.15) is 5.69 Å². The van der Waals surface area contributed by atoms with Crippen molar-refractivity contribution < 1.29 is 4.79 Å². The summed E-state index contributed by atoms with van der Waals surface area (Å²) < 4.78 is 1.76. The number of imidazole rings is 1. The summed E-state index contributed by atoms with van der Waals surface area (Å²) >= 11 is 0. The van der Waals surface area contributed by atoms with E-state index in [0.29, 0.717) is 11.1 Å². The number of aryl methyl sites for hydroxylation is 1. The zero-order chi connectivity index (χ0) is 14.9. The number of rotatable bonds is 5. The van der Waals surface area contributed by atoms with E-state index in [0.717, 1.165) is 39.3 Å². The first-order valence-electron chi connectivity index (χ1n) is 7.73. The molecule has 0 spiro atoms. The highest BCUT2D eigenvalue weighted by atomic mass is 16.1. The standard InChI is InChI=1S/C15H25N5O/c1-18-5-7-20(8-6-18)11-15(3-4-15)10-17-14(21)13-9-16-12-19(13)2/h9,12H,3-8,10-11H2,1-2H3,(H,17,21). The molecule has 2 heterocycles. The Morgan fingerprint density at radius 2 is 2.00 bits per heavy atom. The van der Waals surface area contributed by atoms with Crippen LogP contribution in [-0.4, -0.2) is 71.6 Å². The zero-order valence-corrected chi connectivity index (χ0v) is 13.0. The van der Waals surface area contributed by atoms with E-state index in [2.05, 4.69) is 27.1 Å². The van der Waals surface area contributed by atoms with Crippen LogP contribution in [0, 0.1) is 5.41 Å². The SMILES string of the molecule is CN1CCN(CC2(CNC(=O)c3cncn3C)CC2)CC1. The highest BCUT2D eigenvalue weighted by molar-refractivity contribution is 5.92. The minimum Gasteiger partial charge on any atom is -0.350 e. The molecule has 1 N–H and O–H groups in total. The Bertz CT molecular complexity index is 500. The van der Waals surface area contributed by atoms with Crippen molar-refractivity contribution in [3.8, 4) is 0 Å². The van der Waals surface area contributed by atoms with E-state index in [-0.39, 0.29) is 5.91 Å². The van der Waals surface area contributed by atoms with Crippen LogP contribution in [0.15, 0.2) is 12.5 Å². The fourth-order valence-corrected chi connectivity index (χ4v) is 2.98. The quantitative estimate of drug-likeness (QED) is 0.841. The van der Waals surface area contributed by atoms with E-state index in [1.54, 1.807) is 17.1 Å². The zero-order valence-electron chi connectivity index (χ0n) is 13.0. The molecule has 1 aliphatic carbocycles. The van der Waals surface area contributed by atoms with Crippen LogP contribution in [0.1, 0.15) is 23.3 Å². The number of carbonyl (C=O) groups is 1. The van der Waals surface area contributed by atoms with Crippen molar-refractivity contribution in [1.29, 1.82) is 0 Å². The number of nitrogens with zero attached hydrogens (tertiary/aromatic N) is 4. The number of hydrogen-bond acceptors (Lipinski definition) is 4. The van der Waals surface area contributed by atoms with Gasteiger partial charge in [-0.05, 0) is 19.9 Å². The Morgan fingerprint density at radius 3 is 2.57 bits per heavy atom. The van der Waals surface area contributed by atoms with Crippen molar-refractivity contribution in [2.24, 2.45) is 12.5 Å². The van der Waals surface area contributed by atoms with Crippen molar-refractivity contribution in [1.82, 2.24) is 24.7 Å². The molecular formula is C15H25N5O. The predicted octanol–water partition coefficient (Wildman–Crippen LogP) is 0.178. The Balaban J connectivity index is 1.48. The fraction of sp³-hybridized carbons (Fsp3) is 0.733. The number of likely N-dealkylation sites (N-methyl/N-ethyl adjacent to an activating group) is 1. The maximum absolute atomic E-state index is 12.1. The lowest BCUT2D eigenvalue weighted by Crippen LogP contribution is -2.48. The Hall–Kier alpha value is -1.40. The molecule has 1 aromatic rings. The number of amides is 1. The Labute approximate surface area is 126 Å². The third kappa shape index (κ3) is 3.44. The normalized spacial score (nSPS) is 22.2. The molecule has 6 nitrogen and oxygen atoms in total. The minimum atomic E-state index is -0.0142. The number of hydrogen-bond donors (Lipinski definition) is 1. The van der Waals surface area contributed by atoms with Gasteiger partial charge in [0.2, 0.25) is 0 Å². The minimum absolute atomic E-state index is 0.0142. The first-order valence-corrected chi connectivity index (χ1v) is 7.73. The molecule has 1 aliphatic heterocycles. The van der Waals surface area contributed by atoms with Crippen LogP contribution in [0.5, 0.6) is 0 Å². The van der Waals surface area contributed by atoms with Gasteiger partial charge in [0.05, 0.1) is 12.5 Å². The maximum atomic E-state index is 12.1. The van der Waals surface area contributed by atoms with E-state index >= 15 is 0 Å². The summed E-state index contributed by atoms with van der Waals surface area (Å²) in [5.74, 6) is -0.0142. The van der Waals surface area contributed by atoms with Crippen LogP contribution >= 0.6 is 0 Å². The third-order valence-electron chi connectivity index (χ3n) is 4.79. The molecule has 1 aromatic heterocycles. The van der Waals surface area contributed by atoms with Crippen LogP contribution in [0.2, 0.25) is 0 Å². The van der Waals surface area contributed by atoms with E-state index in [4.69, 9.17) is 0 Å². The van der Waals surface area contributed by atoms with Gasteiger partial charge in [0.25, 0.3) is 5.91 Å². The lowest BCUT2D eigenvalue weighted by Gasteiger charge is -2.34. The number of piperazine rings is 1. The molecule has 1 amide bonds. The lowest BCUT2D eigenvalue weighted by molar-refractivity contribution is 0.0919. The van der Waals surface area contributed by atoms with E-state index in [1.165, 1.54) is 12.8 Å². The molecule has 3 rings (SSSR count). The first-order chi connectivity index (χ1) is 10.1. The van der Waals surface area contributed by atoms with Gasteiger partial charge in [-0.25, -0.2) is 4.98 Å². The molecule has 6 heteroatoms. The molecule has 0 bridgehead atoms. The van der Waals surface area contributed by atoms with Crippen molar-refractivity contribution in [2.45, 2.75) is 12.8 Å². The summed E-state index contributed by atoms with van der Waals surface area (Å²) in [6.45, 7) is 6.49. The van der Waals surface area contributed by atoms with Crippen molar-refractivity contribution in [3.05, 3.63) is 18.2 Å². The molecule has 1 saturated heterocycles. The molecule has 0 aromatic carbocycles. The van der Waals surface area contributed by atoms with Gasteiger partial charge in [-0.15, -0.1) is 0 Å². The first kappa shape index (κ1) is 14.5. The number of carbonyl (C=O) groups excluding carboxylic acids is 1. The molecule has 0 radical (unpaired) electrons. The monoisotopic (exact) mass is 291 g/mol. The molecule has 2 aliphatic rings. The second kappa shape index (κ2) is 5.77. The predicted molar refractivity (Wildman–Crippen MR) is 81.1 cm³/mol. The highest BCUT2D eigenvalue weighted by Crippen LogP contribution is 2.45. The molecule has 21 heavy (non-hydrogen) atoms. The molecule has 0 atom stereocenters. The second-order valence-electron chi connectivity index (χ2n) is 6.65. The summed E-state index contributed by atoms with van der Waals surface area (Å²) in [6.07, 6.45) is 5.73. The van der Waals surface area contributed by atoms with Crippen molar-refractivity contribution in [3.63, 3.8) is 0 Å². The third-order valence-corrected chi connectivity index (χ3v) is 4.79. The second-order valence-corrected chi connectivity index (χ2v) is 6.65. The summed E-state index contributed by atoms with van der Waals surface area (Å²) in [5, 5.41) is 3.09. The van der Waals surface area contributed by atoms with Gasteiger partial charge in [-0.3, -0.25) is 4.79 Å². The summed E-state index contributed by atoms with van der Waals surface area (Å²) in [5.41, 5.74) is 0.940. The topological polar surface area (TPSA) is 53.4 Å². The van der Waals surface area contributed by atoms with Gasteiger partial charge >= 0.3 is 0 Å². The van der Waals surface area contributed by atoms with Crippen LogP contribution in [0.3, 0.4) is 0 Å². The van der Waals surface area contributed by atoms with Crippen LogP contribution in [-0.2, 0) is 7.05 Å². The summed E-state index contributed by atoms with van der Waals surface area (Å²) in [4.78, 5) is 21.1. The lowest BCUT2D eigenvalue weighted by atomic mass is 10.1. The van der Waals surface area contributed by atoms with Crippen LogP contribution in [0.4, 0.5) is 0 Å². The van der Waals surface area contributed by atoms with Crippen LogP contribution < -0.4 is 5.32 Å². The average molecular weight is 291 g/mol. The largest absolute Gasteiger partial charge is 0.350 e. The van der Waals surface area contributed by atoms with Crippen molar-refractivity contribution in [2.75, 3.05) is 46.3 Å². The fourth-order valence-electron chi connectivity index (χ4n) is 2.98. The van der Waals surface area contributed by atoms with E-state index < -0.39 is 0 Å².